The van der Waals surface area contributed by atoms with E-state index in [2.05, 4.69) is 23.4 Å². The molecule has 3 rings (SSSR count). The number of carbonyl (C=O) groups excluding carboxylic acids is 1. The van der Waals surface area contributed by atoms with Crippen molar-refractivity contribution in [1.29, 1.82) is 0 Å². The van der Waals surface area contributed by atoms with E-state index in [1.807, 2.05) is 0 Å². The zero-order valence-corrected chi connectivity index (χ0v) is 12.2. The molecule has 5 nitrogen and oxygen atoms in total. The molecule has 0 radical (unpaired) electrons. The van der Waals surface area contributed by atoms with Gasteiger partial charge in [0.2, 0.25) is 0 Å². The topological polar surface area (TPSA) is 73.9 Å². The molecule has 1 aliphatic carbocycles. The summed E-state index contributed by atoms with van der Waals surface area (Å²) in [5, 5.41) is 4.08. The highest BCUT2D eigenvalue weighted by molar-refractivity contribution is 6.05. The van der Waals surface area contributed by atoms with Crippen molar-refractivity contribution in [2.24, 2.45) is 10.9 Å². The van der Waals surface area contributed by atoms with Crippen LogP contribution in [0, 0.1) is 0 Å². The number of hydrogen-bond donors (Lipinski definition) is 1. The number of methoxy groups -OCH3 is 1. The maximum atomic E-state index is 11.9. The van der Waals surface area contributed by atoms with Gasteiger partial charge in [-0.2, -0.15) is 0 Å². The summed E-state index contributed by atoms with van der Waals surface area (Å²) in [6.45, 7) is 0.0532. The van der Waals surface area contributed by atoms with Crippen molar-refractivity contribution in [3.05, 3.63) is 34.9 Å². The second-order valence-corrected chi connectivity index (χ2v) is 5.69. The van der Waals surface area contributed by atoms with Gasteiger partial charge >= 0.3 is 5.97 Å². The number of carbonyl (C=O) groups is 1. The van der Waals surface area contributed by atoms with Crippen LogP contribution in [-0.4, -0.2) is 30.9 Å². The van der Waals surface area contributed by atoms with E-state index in [0.717, 1.165) is 24.1 Å². The molecule has 0 bridgehead atoms. The number of oxime groups is 1. The predicted octanol–water partition coefficient (Wildman–Crippen LogP) is 1.56. The van der Waals surface area contributed by atoms with Crippen LogP contribution >= 0.6 is 0 Å². The van der Waals surface area contributed by atoms with Crippen molar-refractivity contribution in [2.45, 2.75) is 37.7 Å². The summed E-state index contributed by atoms with van der Waals surface area (Å²) >= 11 is 0. The number of ether oxygens (including phenoxy) is 1. The van der Waals surface area contributed by atoms with Gasteiger partial charge in [-0.15, -0.1) is 0 Å². The van der Waals surface area contributed by atoms with Crippen LogP contribution in [0.15, 0.2) is 23.4 Å². The lowest BCUT2D eigenvalue weighted by Crippen LogP contribution is -2.46. The second kappa shape index (κ2) is 5.48. The van der Waals surface area contributed by atoms with Crippen LogP contribution < -0.4 is 5.73 Å². The highest BCUT2D eigenvalue weighted by atomic mass is 16.7. The quantitative estimate of drug-likeness (QED) is 0.857. The molecule has 1 atom stereocenters. The molecule has 0 fully saturated rings. The minimum absolute atomic E-state index is 0.0532. The first-order chi connectivity index (χ1) is 10.2. The number of rotatable bonds is 3. The Morgan fingerprint density at radius 2 is 2.14 bits per heavy atom. The molecule has 21 heavy (non-hydrogen) atoms. The Hall–Kier alpha value is -1.88. The van der Waals surface area contributed by atoms with Gasteiger partial charge in [-0.3, -0.25) is 0 Å². The lowest BCUT2D eigenvalue weighted by Gasteiger charge is -2.21. The van der Waals surface area contributed by atoms with Crippen molar-refractivity contribution < 1.29 is 14.4 Å². The highest BCUT2D eigenvalue weighted by Gasteiger charge is 2.47. The largest absolute Gasteiger partial charge is 0.466 e. The van der Waals surface area contributed by atoms with E-state index in [1.54, 1.807) is 0 Å². The summed E-state index contributed by atoms with van der Waals surface area (Å²) in [4.78, 5) is 17.2. The van der Waals surface area contributed by atoms with Crippen LogP contribution in [0.1, 0.15) is 36.0 Å². The lowest BCUT2D eigenvalue weighted by atomic mass is 9.88. The standard InChI is InChI=1S/C16H20N2O3/c1-20-15(19)16(10-17)9-14(18-21-16)13-7-6-11-4-2-3-5-12(11)8-13/h6-8H,2-5,9-10,17H2,1H3. The Bertz CT molecular complexity index is 597. The minimum atomic E-state index is -1.17. The molecular weight excluding hydrogens is 268 g/mol. The molecule has 2 N–H and O–H groups in total. The van der Waals surface area contributed by atoms with Crippen LogP contribution in [0.3, 0.4) is 0 Å². The molecule has 0 saturated carbocycles. The first-order valence-electron chi connectivity index (χ1n) is 7.34. The van der Waals surface area contributed by atoms with Crippen LogP contribution in [0.2, 0.25) is 0 Å². The molecule has 1 aliphatic heterocycles. The van der Waals surface area contributed by atoms with Crippen molar-refractivity contribution in [3.63, 3.8) is 0 Å². The summed E-state index contributed by atoms with van der Waals surface area (Å²) in [5.41, 5.74) is 9.10. The first-order valence-corrected chi connectivity index (χ1v) is 7.34. The van der Waals surface area contributed by atoms with E-state index in [1.165, 1.54) is 31.1 Å². The van der Waals surface area contributed by atoms with Crippen LogP contribution in [0.25, 0.3) is 0 Å². The minimum Gasteiger partial charge on any atom is -0.466 e. The molecule has 1 aromatic rings. The predicted molar refractivity (Wildman–Crippen MR) is 79.1 cm³/mol. The number of aryl methyl sites for hydroxylation is 2. The van der Waals surface area contributed by atoms with Crippen molar-refractivity contribution in [1.82, 2.24) is 0 Å². The molecule has 5 heteroatoms. The Balaban J connectivity index is 1.84. The second-order valence-electron chi connectivity index (χ2n) is 5.69. The Kier molecular flexibility index (Phi) is 3.68. The molecule has 0 spiro atoms. The van der Waals surface area contributed by atoms with E-state index in [-0.39, 0.29) is 6.54 Å². The maximum Gasteiger partial charge on any atom is 0.354 e. The number of hydrogen-bond acceptors (Lipinski definition) is 5. The maximum absolute atomic E-state index is 11.9. The van der Waals surface area contributed by atoms with Crippen LogP contribution in [-0.2, 0) is 27.2 Å². The SMILES string of the molecule is COC(=O)C1(CN)CC(c2ccc3c(c2)CCCC3)=NO1. The van der Waals surface area contributed by atoms with Gasteiger partial charge in [0.15, 0.2) is 0 Å². The molecular formula is C16H20N2O3. The first kappa shape index (κ1) is 14.1. The third kappa shape index (κ3) is 2.42. The van der Waals surface area contributed by atoms with Crippen molar-refractivity contribution in [2.75, 3.05) is 13.7 Å². The number of nitrogens with two attached hydrogens (primary N) is 1. The lowest BCUT2D eigenvalue weighted by molar-refractivity contribution is -0.165. The van der Waals surface area contributed by atoms with Gasteiger partial charge in [0.1, 0.15) is 0 Å². The molecule has 0 aromatic heterocycles. The Morgan fingerprint density at radius 3 is 2.86 bits per heavy atom. The Labute approximate surface area is 124 Å². The molecule has 1 unspecified atom stereocenters. The van der Waals surface area contributed by atoms with E-state index in [0.29, 0.717) is 6.42 Å². The van der Waals surface area contributed by atoms with Gasteiger partial charge in [-0.25, -0.2) is 4.79 Å². The summed E-state index contributed by atoms with van der Waals surface area (Å²) in [6.07, 6.45) is 5.10. The monoisotopic (exact) mass is 288 g/mol. The molecule has 0 saturated heterocycles. The van der Waals surface area contributed by atoms with Crippen LogP contribution in [0.4, 0.5) is 0 Å². The van der Waals surface area contributed by atoms with Gasteiger partial charge < -0.3 is 15.3 Å². The van der Waals surface area contributed by atoms with Gasteiger partial charge in [0.05, 0.1) is 12.8 Å². The summed E-state index contributed by atoms with van der Waals surface area (Å²) in [6, 6.07) is 6.38. The number of nitrogens with zero attached hydrogens (tertiary/aromatic N) is 1. The van der Waals surface area contributed by atoms with Crippen molar-refractivity contribution >= 4 is 11.7 Å². The molecule has 1 heterocycles. The van der Waals surface area contributed by atoms with E-state index < -0.39 is 11.6 Å². The highest BCUT2D eigenvalue weighted by Crippen LogP contribution is 2.29. The smallest absolute Gasteiger partial charge is 0.354 e. The fourth-order valence-electron chi connectivity index (χ4n) is 3.03. The molecule has 112 valence electrons. The van der Waals surface area contributed by atoms with Crippen molar-refractivity contribution in [3.8, 4) is 0 Å². The zero-order chi connectivity index (χ0) is 14.9. The summed E-state index contributed by atoms with van der Waals surface area (Å²) in [7, 11) is 1.33. The van der Waals surface area contributed by atoms with E-state index >= 15 is 0 Å². The third-order valence-electron chi connectivity index (χ3n) is 4.35. The average molecular weight is 288 g/mol. The average Bonchev–Trinajstić information content (AvgIpc) is 2.99. The number of esters is 1. The van der Waals surface area contributed by atoms with Gasteiger partial charge in [0, 0.05) is 13.0 Å². The van der Waals surface area contributed by atoms with E-state index in [4.69, 9.17) is 15.3 Å². The third-order valence-corrected chi connectivity index (χ3v) is 4.35. The van der Waals surface area contributed by atoms with E-state index in [9.17, 15) is 4.79 Å². The Morgan fingerprint density at radius 1 is 1.38 bits per heavy atom. The van der Waals surface area contributed by atoms with Gasteiger partial charge in [-0.05, 0) is 48.4 Å². The molecule has 1 aromatic carbocycles. The summed E-state index contributed by atoms with van der Waals surface area (Å²) in [5.74, 6) is -0.471. The van der Waals surface area contributed by atoms with Gasteiger partial charge in [0.25, 0.3) is 5.60 Å². The normalized spacial score (nSPS) is 24.0. The fraction of sp³-hybridized carbons (Fsp3) is 0.500. The number of benzene rings is 1. The fourth-order valence-corrected chi connectivity index (χ4v) is 3.03. The number of fused-ring (bicyclic) bond motifs is 1. The summed E-state index contributed by atoms with van der Waals surface area (Å²) < 4.78 is 4.79. The molecule has 2 aliphatic rings. The molecule has 0 amide bonds. The van der Waals surface area contributed by atoms with Crippen LogP contribution in [0.5, 0.6) is 0 Å². The zero-order valence-electron chi connectivity index (χ0n) is 12.2. The van der Waals surface area contributed by atoms with Gasteiger partial charge in [-0.1, -0.05) is 17.3 Å².